The Morgan fingerprint density at radius 2 is 2.40 bits per heavy atom. The summed E-state index contributed by atoms with van der Waals surface area (Å²) < 4.78 is 11.6. The lowest BCUT2D eigenvalue weighted by Crippen LogP contribution is -2.30. The Morgan fingerprint density at radius 1 is 1.53 bits per heavy atom. The number of ether oxygens (including phenoxy) is 2. The van der Waals surface area contributed by atoms with Gasteiger partial charge >= 0.3 is 0 Å². The second-order valence-electron chi connectivity index (χ2n) is 4.63. The molecule has 3 unspecified atom stereocenters. The molecular weight excluding hydrogens is 212 g/mol. The third-order valence-corrected chi connectivity index (χ3v) is 4.36. The lowest BCUT2D eigenvalue weighted by atomic mass is 9.99. The largest absolute Gasteiger partial charge is 0.396 e. The van der Waals surface area contributed by atoms with E-state index in [0.29, 0.717) is 13.0 Å². The predicted molar refractivity (Wildman–Crippen MR) is 61.0 cm³/mol. The van der Waals surface area contributed by atoms with Gasteiger partial charge in [0.2, 0.25) is 0 Å². The van der Waals surface area contributed by atoms with Crippen LogP contribution in [0.1, 0.15) is 26.2 Å². The summed E-state index contributed by atoms with van der Waals surface area (Å²) in [6, 6.07) is 0. The second-order valence-corrected chi connectivity index (χ2v) is 5.78. The molecule has 0 aromatic heterocycles. The summed E-state index contributed by atoms with van der Waals surface area (Å²) in [4.78, 5) is 0. The van der Waals surface area contributed by atoms with E-state index in [-0.39, 0.29) is 12.7 Å². The van der Waals surface area contributed by atoms with Crippen LogP contribution >= 0.6 is 11.8 Å². The molecule has 0 amide bonds. The van der Waals surface area contributed by atoms with Crippen molar-refractivity contribution < 1.29 is 14.6 Å². The number of aliphatic hydroxyl groups is 1. The van der Waals surface area contributed by atoms with Crippen molar-refractivity contribution in [3.05, 3.63) is 0 Å². The van der Waals surface area contributed by atoms with Crippen LogP contribution in [0.3, 0.4) is 0 Å². The highest BCUT2D eigenvalue weighted by Crippen LogP contribution is 2.36. The number of hydrogen-bond donors (Lipinski definition) is 1. The first-order valence-electron chi connectivity index (χ1n) is 5.72. The topological polar surface area (TPSA) is 38.7 Å². The van der Waals surface area contributed by atoms with Gasteiger partial charge in [-0.2, -0.15) is 11.8 Å². The molecule has 3 nitrogen and oxygen atoms in total. The third kappa shape index (κ3) is 3.09. The number of hydrogen-bond acceptors (Lipinski definition) is 4. The van der Waals surface area contributed by atoms with Gasteiger partial charge in [-0.3, -0.25) is 0 Å². The molecule has 0 radical (unpaired) electrons. The maximum Gasteiger partial charge on any atom is 0.166 e. The molecule has 2 heterocycles. The van der Waals surface area contributed by atoms with Crippen molar-refractivity contribution in [3.8, 4) is 0 Å². The zero-order valence-electron chi connectivity index (χ0n) is 9.28. The lowest BCUT2D eigenvalue weighted by molar-refractivity contribution is -0.165. The van der Waals surface area contributed by atoms with E-state index in [0.717, 1.165) is 12.3 Å². The number of thioether (sulfide) groups is 1. The lowest BCUT2D eigenvalue weighted by Gasteiger charge is -2.26. The average Bonchev–Trinajstić information content (AvgIpc) is 2.78. The summed E-state index contributed by atoms with van der Waals surface area (Å²) in [5.74, 6) is 2.87. The van der Waals surface area contributed by atoms with Gasteiger partial charge in [0.25, 0.3) is 0 Å². The molecule has 2 aliphatic rings. The molecule has 0 aromatic carbocycles. The zero-order chi connectivity index (χ0) is 10.7. The fourth-order valence-electron chi connectivity index (χ4n) is 2.35. The van der Waals surface area contributed by atoms with Crippen LogP contribution in [0.5, 0.6) is 0 Å². The maximum absolute atomic E-state index is 8.84. The van der Waals surface area contributed by atoms with Crippen molar-refractivity contribution in [2.75, 3.05) is 24.7 Å². The molecule has 0 aliphatic carbocycles. The summed E-state index contributed by atoms with van der Waals surface area (Å²) in [6.07, 6.45) is 3.07. The molecular formula is C11H20O3S. The molecule has 0 bridgehead atoms. The van der Waals surface area contributed by atoms with Gasteiger partial charge in [-0.05, 0) is 37.2 Å². The van der Waals surface area contributed by atoms with Crippen LogP contribution in [0.15, 0.2) is 0 Å². The summed E-state index contributed by atoms with van der Waals surface area (Å²) in [5.41, 5.74) is 0. The van der Waals surface area contributed by atoms with Crippen LogP contribution in [0, 0.1) is 5.92 Å². The van der Waals surface area contributed by atoms with E-state index in [9.17, 15) is 0 Å². The van der Waals surface area contributed by atoms with Gasteiger partial charge in [0.15, 0.2) is 5.79 Å². The van der Waals surface area contributed by atoms with Crippen LogP contribution in [-0.2, 0) is 9.47 Å². The first-order chi connectivity index (χ1) is 7.22. The van der Waals surface area contributed by atoms with E-state index in [1.54, 1.807) is 0 Å². The highest BCUT2D eigenvalue weighted by atomic mass is 32.2. The molecule has 3 atom stereocenters. The summed E-state index contributed by atoms with van der Waals surface area (Å²) in [6.45, 7) is 2.85. The van der Waals surface area contributed by atoms with E-state index < -0.39 is 5.79 Å². The highest BCUT2D eigenvalue weighted by molar-refractivity contribution is 7.99. The van der Waals surface area contributed by atoms with Crippen LogP contribution in [0.4, 0.5) is 0 Å². The first-order valence-corrected chi connectivity index (χ1v) is 6.88. The third-order valence-electron chi connectivity index (χ3n) is 3.13. The minimum Gasteiger partial charge on any atom is -0.396 e. The van der Waals surface area contributed by atoms with Crippen LogP contribution in [0.25, 0.3) is 0 Å². The van der Waals surface area contributed by atoms with Crippen molar-refractivity contribution in [2.24, 2.45) is 5.92 Å². The smallest absolute Gasteiger partial charge is 0.166 e. The monoisotopic (exact) mass is 232 g/mol. The minimum absolute atomic E-state index is 0.0917. The molecule has 0 aromatic rings. The van der Waals surface area contributed by atoms with Crippen molar-refractivity contribution in [1.29, 1.82) is 0 Å². The molecule has 2 rings (SSSR count). The van der Waals surface area contributed by atoms with Gasteiger partial charge in [0.1, 0.15) is 0 Å². The molecule has 2 saturated heterocycles. The Morgan fingerprint density at radius 3 is 3.07 bits per heavy atom. The SMILES string of the molecule is CC1(CC2CCSC2)OCC(CCO)O1. The quantitative estimate of drug-likeness (QED) is 0.800. The van der Waals surface area contributed by atoms with E-state index in [2.05, 4.69) is 0 Å². The number of aliphatic hydroxyl groups excluding tert-OH is 1. The summed E-state index contributed by atoms with van der Waals surface area (Å²) in [5, 5.41) is 8.84. The number of rotatable bonds is 4. The fourth-order valence-corrected chi connectivity index (χ4v) is 3.64. The van der Waals surface area contributed by atoms with E-state index in [1.165, 1.54) is 17.9 Å². The molecule has 1 N–H and O–H groups in total. The van der Waals surface area contributed by atoms with E-state index >= 15 is 0 Å². The van der Waals surface area contributed by atoms with Crippen LogP contribution < -0.4 is 0 Å². The molecule has 88 valence electrons. The van der Waals surface area contributed by atoms with Crippen LogP contribution in [-0.4, -0.2) is 41.7 Å². The van der Waals surface area contributed by atoms with Gasteiger partial charge in [-0.1, -0.05) is 0 Å². The van der Waals surface area contributed by atoms with Crippen molar-refractivity contribution in [2.45, 2.75) is 38.1 Å². The Labute approximate surface area is 95.5 Å². The van der Waals surface area contributed by atoms with E-state index in [4.69, 9.17) is 14.6 Å². The second kappa shape index (κ2) is 5.04. The highest BCUT2D eigenvalue weighted by Gasteiger charge is 2.39. The van der Waals surface area contributed by atoms with Crippen molar-refractivity contribution in [1.82, 2.24) is 0 Å². The standard InChI is InChI=1S/C11H20O3S/c1-11(6-9-3-5-15-8-9)13-7-10(14-11)2-4-12/h9-10,12H,2-8H2,1H3. The Balaban J connectivity index is 1.80. The molecule has 15 heavy (non-hydrogen) atoms. The Bertz CT molecular complexity index is 206. The maximum atomic E-state index is 8.84. The molecule has 0 spiro atoms. The Kier molecular flexibility index (Phi) is 3.93. The van der Waals surface area contributed by atoms with Crippen molar-refractivity contribution in [3.63, 3.8) is 0 Å². The summed E-state index contributed by atoms with van der Waals surface area (Å²) in [7, 11) is 0. The fraction of sp³-hybridized carbons (Fsp3) is 1.00. The van der Waals surface area contributed by atoms with Gasteiger partial charge in [-0.25, -0.2) is 0 Å². The average molecular weight is 232 g/mol. The molecule has 2 fully saturated rings. The van der Waals surface area contributed by atoms with Gasteiger partial charge < -0.3 is 14.6 Å². The minimum atomic E-state index is -0.393. The van der Waals surface area contributed by atoms with E-state index in [1.807, 2.05) is 18.7 Å². The van der Waals surface area contributed by atoms with Gasteiger partial charge in [-0.15, -0.1) is 0 Å². The first kappa shape index (κ1) is 11.7. The van der Waals surface area contributed by atoms with Gasteiger partial charge in [0.05, 0.1) is 12.7 Å². The molecule has 2 aliphatic heterocycles. The zero-order valence-corrected chi connectivity index (χ0v) is 10.1. The Hall–Kier alpha value is 0.230. The van der Waals surface area contributed by atoms with Crippen LogP contribution in [0.2, 0.25) is 0 Å². The van der Waals surface area contributed by atoms with Gasteiger partial charge in [0, 0.05) is 13.0 Å². The van der Waals surface area contributed by atoms with Crippen molar-refractivity contribution >= 4 is 11.8 Å². The molecule has 4 heteroatoms. The summed E-state index contributed by atoms with van der Waals surface area (Å²) >= 11 is 2.02. The predicted octanol–water partition coefficient (Wildman–Crippen LogP) is 1.64. The molecule has 0 saturated carbocycles. The normalized spacial score (nSPS) is 41.2.